The number of hydrogen-bond donors (Lipinski definition) is 0. The van der Waals surface area contributed by atoms with Crippen LogP contribution in [0.5, 0.6) is 0 Å². The van der Waals surface area contributed by atoms with E-state index in [1.165, 1.54) is 16.7 Å². The molecule has 80 valence electrons. The topological polar surface area (TPSA) is 3.24 Å². The van der Waals surface area contributed by atoms with Gasteiger partial charge < -0.3 is 0 Å². The van der Waals surface area contributed by atoms with E-state index in [1.807, 2.05) is 6.07 Å². The van der Waals surface area contributed by atoms with Crippen LogP contribution in [0.1, 0.15) is 16.7 Å². The second kappa shape index (κ2) is 3.84. The Morgan fingerprint density at radius 1 is 0.812 bits per heavy atom. The highest BCUT2D eigenvalue weighted by Crippen LogP contribution is 2.31. The van der Waals surface area contributed by atoms with E-state index in [0.717, 1.165) is 18.7 Å². The van der Waals surface area contributed by atoms with Crippen molar-refractivity contribution < 1.29 is 0 Å². The monoisotopic (exact) mass is 229 g/mol. The van der Waals surface area contributed by atoms with E-state index in [1.54, 1.807) is 4.42 Å². The summed E-state index contributed by atoms with van der Waals surface area (Å²) >= 11 is 6.31. The summed E-state index contributed by atoms with van der Waals surface area (Å²) in [5, 5.41) is 0. The molecule has 0 aliphatic carbocycles. The molecular formula is C14H12ClN. The maximum Gasteiger partial charge on any atom is 0.0602 e. The normalized spacial score (nSPS) is 13.9. The van der Waals surface area contributed by atoms with Gasteiger partial charge in [-0.1, -0.05) is 42.5 Å². The first kappa shape index (κ1) is 9.73. The number of hydrogen-bond acceptors (Lipinski definition) is 1. The van der Waals surface area contributed by atoms with Gasteiger partial charge in [0, 0.05) is 11.8 Å². The fourth-order valence-electron chi connectivity index (χ4n) is 2.22. The summed E-state index contributed by atoms with van der Waals surface area (Å²) in [4.78, 5) is 0. The second-order valence-corrected chi connectivity index (χ2v) is 4.50. The molecule has 2 aromatic carbocycles. The summed E-state index contributed by atoms with van der Waals surface area (Å²) in [5.74, 6) is 0. The minimum atomic E-state index is 0.773. The highest BCUT2D eigenvalue weighted by Gasteiger charge is 2.16. The highest BCUT2D eigenvalue weighted by molar-refractivity contribution is 6.25. The Morgan fingerprint density at radius 2 is 1.44 bits per heavy atom. The van der Waals surface area contributed by atoms with E-state index in [2.05, 4.69) is 42.5 Å². The molecule has 0 fully saturated rings. The van der Waals surface area contributed by atoms with E-state index in [-0.39, 0.29) is 0 Å². The zero-order valence-corrected chi connectivity index (χ0v) is 9.61. The molecule has 0 spiro atoms. The summed E-state index contributed by atoms with van der Waals surface area (Å²) in [6, 6.07) is 16.8. The van der Waals surface area contributed by atoms with Crippen LogP contribution >= 0.6 is 11.8 Å². The molecule has 0 amide bonds. The Balaban J connectivity index is 2.15. The van der Waals surface area contributed by atoms with Crippen molar-refractivity contribution in [3.63, 3.8) is 0 Å². The molecule has 0 unspecified atom stereocenters. The molecule has 0 aromatic heterocycles. The van der Waals surface area contributed by atoms with Crippen LogP contribution in [0.15, 0.2) is 48.5 Å². The number of rotatable bonds is 0. The molecule has 2 aromatic rings. The first-order valence-electron chi connectivity index (χ1n) is 5.42. The predicted molar refractivity (Wildman–Crippen MR) is 67.7 cm³/mol. The largest absolute Gasteiger partial charge is 0.281 e. The molecule has 2 heteroatoms. The molecule has 0 atom stereocenters. The average molecular weight is 230 g/mol. The Labute approximate surface area is 100 Å². The van der Waals surface area contributed by atoms with Crippen molar-refractivity contribution in [2.45, 2.75) is 13.0 Å². The van der Waals surface area contributed by atoms with Gasteiger partial charge >= 0.3 is 0 Å². The minimum absolute atomic E-state index is 0.773. The van der Waals surface area contributed by atoms with Gasteiger partial charge in [-0.15, -0.1) is 0 Å². The van der Waals surface area contributed by atoms with Crippen molar-refractivity contribution in [1.29, 1.82) is 0 Å². The van der Waals surface area contributed by atoms with Crippen molar-refractivity contribution in [3.05, 3.63) is 65.2 Å². The Hall–Kier alpha value is -1.47. The van der Waals surface area contributed by atoms with Crippen molar-refractivity contribution in [2.24, 2.45) is 0 Å². The number of nitrogens with zero attached hydrogens (tertiary/aromatic N) is 1. The molecule has 0 bridgehead atoms. The van der Waals surface area contributed by atoms with E-state index in [4.69, 9.17) is 11.8 Å². The van der Waals surface area contributed by atoms with Crippen LogP contribution in [-0.2, 0) is 13.0 Å². The Bertz CT molecular complexity index is 522. The zero-order valence-electron chi connectivity index (χ0n) is 8.86. The molecule has 3 rings (SSSR count). The van der Waals surface area contributed by atoms with Gasteiger partial charge in [-0.2, -0.15) is 0 Å². The molecule has 16 heavy (non-hydrogen) atoms. The number of benzene rings is 2. The van der Waals surface area contributed by atoms with E-state index in [9.17, 15) is 0 Å². The maximum absolute atomic E-state index is 6.31. The molecular weight excluding hydrogens is 218 g/mol. The average Bonchev–Trinajstić information content (AvgIpc) is 2.45. The standard InChI is InChI=1S/C14H12ClN/c15-16-10-13-7-2-1-5-11(13)9-12-6-3-4-8-14(12)16/h1-8H,9-10H2. The van der Waals surface area contributed by atoms with E-state index < -0.39 is 0 Å². The first-order valence-corrected chi connectivity index (χ1v) is 5.76. The third-order valence-corrected chi connectivity index (χ3v) is 3.36. The predicted octanol–water partition coefficient (Wildman–Crippen LogP) is 3.75. The fraction of sp³-hybridized carbons (Fsp3) is 0.143. The molecule has 0 saturated carbocycles. The van der Waals surface area contributed by atoms with Gasteiger partial charge in [0.1, 0.15) is 0 Å². The SMILES string of the molecule is ClN1Cc2ccccc2Cc2ccccc21. The zero-order chi connectivity index (χ0) is 11.0. The molecule has 0 N–H and O–H groups in total. The molecule has 1 heterocycles. The van der Waals surface area contributed by atoms with Crippen molar-refractivity contribution >= 4 is 17.5 Å². The summed E-state index contributed by atoms with van der Waals surface area (Å²) in [6.45, 7) is 0.773. The Kier molecular flexibility index (Phi) is 2.33. The van der Waals surface area contributed by atoms with Gasteiger partial charge in [0.15, 0.2) is 0 Å². The van der Waals surface area contributed by atoms with Crippen molar-refractivity contribution in [2.75, 3.05) is 4.42 Å². The third-order valence-electron chi connectivity index (χ3n) is 3.06. The smallest absolute Gasteiger partial charge is 0.0602 e. The van der Waals surface area contributed by atoms with Gasteiger partial charge in [0.05, 0.1) is 12.2 Å². The van der Waals surface area contributed by atoms with Gasteiger partial charge in [-0.3, -0.25) is 4.42 Å². The summed E-state index contributed by atoms with van der Waals surface area (Å²) in [7, 11) is 0. The first-order chi connectivity index (χ1) is 7.84. The number of para-hydroxylation sites is 1. The van der Waals surface area contributed by atoms with Crippen LogP contribution < -0.4 is 4.42 Å². The van der Waals surface area contributed by atoms with E-state index in [0.29, 0.717) is 0 Å². The lowest BCUT2D eigenvalue weighted by Crippen LogP contribution is -2.09. The summed E-state index contributed by atoms with van der Waals surface area (Å²) < 4.78 is 1.81. The van der Waals surface area contributed by atoms with Gasteiger partial charge in [-0.05, 0) is 29.2 Å². The van der Waals surface area contributed by atoms with Crippen LogP contribution in [-0.4, -0.2) is 0 Å². The second-order valence-electron chi connectivity index (χ2n) is 4.09. The third kappa shape index (κ3) is 1.57. The molecule has 1 aliphatic rings. The van der Waals surface area contributed by atoms with Crippen molar-refractivity contribution in [3.8, 4) is 0 Å². The number of halogens is 1. The van der Waals surface area contributed by atoms with Crippen LogP contribution in [0, 0.1) is 0 Å². The lowest BCUT2D eigenvalue weighted by atomic mass is 10.0. The maximum atomic E-state index is 6.31. The van der Waals surface area contributed by atoms with Crippen LogP contribution in [0.3, 0.4) is 0 Å². The minimum Gasteiger partial charge on any atom is -0.281 e. The number of anilines is 1. The quantitative estimate of drug-likeness (QED) is 0.622. The van der Waals surface area contributed by atoms with Gasteiger partial charge in [-0.25, -0.2) is 0 Å². The molecule has 1 aliphatic heterocycles. The summed E-state index contributed by atoms with van der Waals surface area (Å²) in [5.41, 5.74) is 5.11. The van der Waals surface area contributed by atoms with Crippen molar-refractivity contribution in [1.82, 2.24) is 0 Å². The lowest BCUT2D eigenvalue weighted by molar-refractivity contribution is 1.04. The summed E-state index contributed by atoms with van der Waals surface area (Å²) in [6.07, 6.45) is 0.968. The van der Waals surface area contributed by atoms with Crippen LogP contribution in [0.2, 0.25) is 0 Å². The molecule has 0 radical (unpaired) electrons. The molecule has 1 nitrogen and oxygen atoms in total. The number of fused-ring (bicyclic) bond motifs is 2. The molecule has 0 saturated heterocycles. The van der Waals surface area contributed by atoms with Crippen LogP contribution in [0.25, 0.3) is 0 Å². The van der Waals surface area contributed by atoms with E-state index >= 15 is 0 Å². The Morgan fingerprint density at radius 3 is 2.25 bits per heavy atom. The lowest BCUT2D eigenvalue weighted by Gasteiger charge is -2.15. The van der Waals surface area contributed by atoms with Gasteiger partial charge in [0.2, 0.25) is 0 Å². The fourth-order valence-corrected chi connectivity index (χ4v) is 2.51. The van der Waals surface area contributed by atoms with Gasteiger partial charge in [0.25, 0.3) is 0 Å². The highest BCUT2D eigenvalue weighted by atomic mass is 35.5. The van der Waals surface area contributed by atoms with Crippen LogP contribution in [0.4, 0.5) is 5.69 Å².